The van der Waals surface area contributed by atoms with Crippen LogP contribution in [0.5, 0.6) is 11.8 Å². The van der Waals surface area contributed by atoms with E-state index in [1.54, 1.807) is 36.4 Å². The summed E-state index contributed by atoms with van der Waals surface area (Å²) < 4.78 is 0. The summed E-state index contributed by atoms with van der Waals surface area (Å²) in [4.78, 5) is 39.8. The Morgan fingerprint density at radius 2 is 1.24 bits per heavy atom. The first-order valence-corrected chi connectivity index (χ1v) is 10.6. The van der Waals surface area contributed by atoms with E-state index in [4.69, 9.17) is 0 Å². The molecule has 0 saturated heterocycles. The third-order valence-electron chi connectivity index (χ3n) is 6.40. The first-order chi connectivity index (χ1) is 16.5. The third-order valence-corrected chi connectivity index (χ3v) is 6.40. The molecule has 162 valence electrons. The lowest BCUT2D eigenvalue weighted by Crippen LogP contribution is -2.27. The molecule has 34 heavy (non-hydrogen) atoms. The van der Waals surface area contributed by atoms with Crippen LogP contribution >= 0.6 is 0 Å². The Hall–Kier alpha value is -4.98. The second-order valence-electron chi connectivity index (χ2n) is 8.26. The molecule has 2 amide bonds. The number of nitrogens with one attached hydrogen (secondary N) is 2. The van der Waals surface area contributed by atoms with Crippen LogP contribution in [-0.2, 0) is 9.59 Å². The molecule has 0 aliphatic carbocycles. The molecular formula is C26H14N4O4. The number of benzene rings is 3. The maximum atomic E-state index is 13.0. The van der Waals surface area contributed by atoms with Gasteiger partial charge in [0.05, 0.1) is 33.0 Å². The number of carbonyl (C=O) groups is 2. The predicted octanol–water partition coefficient (Wildman–Crippen LogP) is 1.05. The number of fused-ring (bicyclic) bond motifs is 4. The van der Waals surface area contributed by atoms with Crippen molar-refractivity contribution in [3.8, 4) is 22.9 Å². The van der Waals surface area contributed by atoms with E-state index in [0.29, 0.717) is 43.2 Å². The maximum Gasteiger partial charge on any atom is 0.279 e. The van der Waals surface area contributed by atoms with Gasteiger partial charge in [-0.05, 0) is 24.3 Å². The summed E-state index contributed by atoms with van der Waals surface area (Å²) >= 11 is 0. The van der Waals surface area contributed by atoms with Crippen LogP contribution in [0, 0.1) is 0 Å². The lowest BCUT2D eigenvalue weighted by atomic mass is 9.99. The van der Waals surface area contributed by atoms with Gasteiger partial charge in [0.25, 0.3) is 11.8 Å². The van der Waals surface area contributed by atoms with E-state index in [-0.39, 0.29) is 22.9 Å². The molecule has 2 aliphatic rings. The van der Waals surface area contributed by atoms with Crippen molar-refractivity contribution in [2.45, 2.75) is 0 Å². The van der Waals surface area contributed by atoms with Gasteiger partial charge in [-0.3, -0.25) is 9.59 Å². The smallest absolute Gasteiger partial charge is 0.279 e. The average Bonchev–Trinajstić information content (AvgIpc) is 3.51. The molecule has 0 saturated carbocycles. The normalized spacial score (nSPS) is 14.6. The van der Waals surface area contributed by atoms with Crippen molar-refractivity contribution in [3.63, 3.8) is 0 Å². The number of rotatable bonds is 2. The van der Waals surface area contributed by atoms with Crippen LogP contribution in [0.15, 0.2) is 70.6 Å². The lowest BCUT2D eigenvalue weighted by Gasteiger charge is -2.01. The highest BCUT2D eigenvalue weighted by molar-refractivity contribution is 6.44. The standard InChI is InChI=1S/C26H14N4O4/c31-23-19(11-5-1-3-7-15(11)27-23)21-13-9-18-14(10-17(13)29-25(21)33)22(26(34)30-18)20-12-6-2-4-8-16(12)28-24(20)32/h1-10,27,29,31,33H. The van der Waals surface area contributed by atoms with Gasteiger partial charge >= 0.3 is 0 Å². The van der Waals surface area contributed by atoms with Crippen molar-refractivity contribution >= 4 is 44.8 Å². The Balaban J connectivity index is 1.57. The number of aromatic nitrogens is 2. The van der Waals surface area contributed by atoms with Gasteiger partial charge in [0.15, 0.2) is 11.8 Å². The number of hydrogen-bond acceptors (Lipinski definition) is 4. The summed E-state index contributed by atoms with van der Waals surface area (Å²) in [5.41, 5.74) is 2.53. The number of carbonyl (C=O) groups excluding carboxylic acids is 2. The van der Waals surface area contributed by atoms with Crippen LogP contribution in [0.2, 0.25) is 0 Å². The second kappa shape index (κ2) is 6.29. The molecule has 0 radical (unpaired) electrons. The van der Waals surface area contributed by atoms with Crippen LogP contribution < -0.4 is 21.2 Å². The van der Waals surface area contributed by atoms with Crippen molar-refractivity contribution in [3.05, 3.63) is 81.8 Å². The zero-order valence-electron chi connectivity index (χ0n) is 17.4. The fourth-order valence-electron chi connectivity index (χ4n) is 4.97. The Kier molecular flexibility index (Phi) is 3.44. The van der Waals surface area contributed by atoms with E-state index in [1.807, 2.05) is 24.3 Å². The van der Waals surface area contributed by atoms with E-state index < -0.39 is 11.8 Å². The van der Waals surface area contributed by atoms with Gasteiger partial charge in [0.2, 0.25) is 0 Å². The second-order valence-corrected chi connectivity index (χ2v) is 8.26. The minimum absolute atomic E-state index is 0.0801. The Morgan fingerprint density at radius 1 is 0.618 bits per heavy atom. The van der Waals surface area contributed by atoms with E-state index in [0.717, 1.165) is 10.9 Å². The summed E-state index contributed by atoms with van der Waals surface area (Å²) in [5.74, 6) is -1.20. The summed E-state index contributed by atoms with van der Waals surface area (Å²) in [5, 5.41) is 24.7. The first kappa shape index (κ1) is 18.6. The molecule has 3 aromatic carbocycles. The molecule has 0 fully saturated rings. The quantitative estimate of drug-likeness (QED) is 0.323. The molecule has 4 heterocycles. The molecular weight excluding hydrogens is 432 g/mol. The number of aromatic hydroxyl groups is 2. The van der Waals surface area contributed by atoms with Crippen LogP contribution in [0.4, 0.5) is 0 Å². The summed E-state index contributed by atoms with van der Waals surface area (Å²) in [6.45, 7) is 0. The molecule has 0 unspecified atom stereocenters. The molecule has 4 N–H and O–H groups in total. The van der Waals surface area contributed by atoms with Crippen molar-refractivity contribution in [2.75, 3.05) is 0 Å². The minimum atomic E-state index is -0.515. The number of aromatic amines is 2. The van der Waals surface area contributed by atoms with Crippen molar-refractivity contribution < 1.29 is 19.8 Å². The van der Waals surface area contributed by atoms with E-state index in [1.165, 1.54) is 0 Å². The largest absolute Gasteiger partial charge is 0.494 e. The summed E-state index contributed by atoms with van der Waals surface area (Å²) in [6, 6.07) is 17.8. The highest BCUT2D eigenvalue weighted by atomic mass is 16.3. The Labute approximate surface area is 189 Å². The third kappa shape index (κ3) is 2.31. The molecule has 0 bridgehead atoms. The fraction of sp³-hybridized carbons (Fsp3) is 0. The zero-order valence-corrected chi connectivity index (χ0v) is 17.4. The highest BCUT2D eigenvalue weighted by Gasteiger charge is 2.29. The highest BCUT2D eigenvalue weighted by Crippen LogP contribution is 2.44. The number of para-hydroxylation sites is 2. The van der Waals surface area contributed by atoms with Gasteiger partial charge in [-0.25, -0.2) is 9.98 Å². The number of hydrogen-bond donors (Lipinski definition) is 4. The van der Waals surface area contributed by atoms with Gasteiger partial charge in [-0.2, -0.15) is 0 Å². The van der Waals surface area contributed by atoms with Gasteiger partial charge in [0.1, 0.15) is 0 Å². The Bertz CT molecular complexity index is 2030. The monoisotopic (exact) mass is 446 g/mol. The van der Waals surface area contributed by atoms with E-state index in [9.17, 15) is 19.8 Å². The van der Waals surface area contributed by atoms with Gasteiger partial charge in [-0.15, -0.1) is 0 Å². The zero-order chi connectivity index (χ0) is 23.1. The van der Waals surface area contributed by atoms with Gasteiger partial charge in [0, 0.05) is 32.2 Å². The number of H-pyrrole nitrogens is 2. The minimum Gasteiger partial charge on any atom is -0.494 e. The van der Waals surface area contributed by atoms with E-state index in [2.05, 4.69) is 20.0 Å². The molecule has 2 aromatic heterocycles. The van der Waals surface area contributed by atoms with Crippen LogP contribution in [0.3, 0.4) is 0 Å². The average molecular weight is 446 g/mol. The summed E-state index contributed by atoms with van der Waals surface area (Å²) in [6.07, 6.45) is 0. The maximum absolute atomic E-state index is 13.0. The SMILES string of the molecule is O=C1N=c2ccccc2=C1C1=c2cc3[nH]c(O)c(-c4c(O)[nH]c5ccccc45)c3cc2=NC1=O. The summed E-state index contributed by atoms with van der Waals surface area (Å²) in [7, 11) is 0. The molecule has 8 nitrogen and oxygen atoms in total. The van der Waals surface area contributed by atoms with Crippen LogP contribution in [-0.4, -0.2) is 32.0 Å². The molecule has 0 spiro atoms. The lowest BCUT2D eigenvalue weighted by molar-refractivity contribution is -0.114. The topological polar surface area (TPSA) is 131 Å². The molecule has 7 rings (SSSR count). The molecule has 5 aromatic rings. The van der Waals surface area contributed by atoms with Gasteiger partial charge < -0.3 is 20.2 Å². The van der Waals surface area contributed by atoms with E-state index >= 15 is 0 Å². The van der Waals surface area contributed by atoms with Crippen molar-refractivity contribution in [2.24, 2.45) is 9.98 Å². The van der Waals surface area contributed by atoms with Crippen LogP contribution in [0.1, 0.15) is 0 Å². The number of nitrogens with zero attached hydrogens (tertiary/aromatic N) is 2. The predicted molar refractivity (Wildman–Crippen MR) is 124 cm³/mol. The molecule has 2 aliphatic heterocycles. The van der Waals surface area contributed by atoms with Gasteiger partial charge in [-0.1, -0.05) is 36.4 Å². The van der Waals surface area contributed by atoms with Crippen LogP contribution in [0.25, 0.3) is 44.1 Å². The molecule has 8 heteroatoms. The Morgan fingerprint density at radius 3 is 2.06 bits per heavy atom. The van der Waals surface area contributed by atoms with Crippen molar-refractivity contribution in [1.82, 2.24) is 9.97 Å². The number of amides is 2. The fourth-order valence-corrected chi connectivity index (χ4v) is 4.97. The molecule has 0 atom stereocenters. The first-order valence-electron chi connectivity index (χ1n) is 10.6. The van der Waals surface area contributed by atoms with Crippen molar-refractivity contribution in [1.29, 1.82) is 0 Å².